The molecule has 2 N–H and O–H groups in total. The maximum Gasteiger partial charge on any atom is 0.271 e. The standard InChI is InChI=1S/C18H22ClN5O3/c1-26-16-3-2-13(19)10-14(16)23-17-12-21-15(11-22-17)18(25)20-4-5-24-6-8-27-9-7-24/h2-3,10-12H,4-9H2,1H3,(H,20,25)(H,22,23). The summed E-state index contributed by atoms with van der Waals surface area (Å²) in [5.41, 5.74) is 0.933. The number of nitrogens with one attached hydrogen (secondary N) is 2. The van der Waals surface area contributed by atoms with Crippen LogP contribution in [-0.2, 0) is 4.74 Å². The number of morpholine rings is 1. The van der Waals surface area contributed by atoms with Crippen molar-refractivity contribution in [3.05, 3.63) is 41.3 Å². The van der Waals surface area contributed by atoms with Gasteiger partial charge in [-0.05, 0) is 18.2 Å². The lowest BCUT2D eigenvalue weighted by Gasteiger charge is -2.26. The fraction of sp³-hybridized carbons (Fsp3) is 0.389. The molecule has 1 saturated heterocycles. The van der Waals surface area contributed by atoms with Crippen LogP contribution >= 0.6 is 11.6 Å². The first-order chi connectivity index (χ1) is 13.2. The Morgan fingerprint density at radius 1 is 1.30 bits per heavy atom. The number of amides is 1. The Balaban J connectivity index is 1.53. The number of nitrogens with zero attached hydrogens (tertiary/aromatic N) is 3. The number of hydrogen-bond donors (Lipinski definition) is 2. The second kappa shape index (κ2) is 9.50. The molecule has 2 aromatic rings. The normalized spacial score (nSPS) is 14.6. The molecule has 3 rings (SSSR count). The quantitative estimate of drug-likeness (QED) is 0.745. The highest BCUT2D eigenvalue weighted by atomic mass is 35.5. The lowest BCUT2D eigenvalue weighted by atomic mass is 10.3. The van der Waals surface area contributed by atoms with Crippen LogP contribution in [0.25, 0.3) is 0 Å². The van der Waals surface area contributed by atoms with Gasteiger partial charge >= 0.3 is 0 Å². The first-order valence-electron chi connectivity index (χ1n) is 8.66. The van der Waals surface area contributed by atoms with Crippen LogP contribution in [0.3, 0.4) is 0 Å². The molecule has 9 heteroatoms. The summed E-state index contributed by atoms with van der Waals surface area (Å²) >= 11 is 6.02. The van der Waals surface area contributed by atoms with Crippen molar-refractivity contribution in [3.63, 3.8) is 0 Å². The van der Waals surface area contributed by atoms with Gasteiger partial charge in [0, 0.05) is 31.2 Å². The van der Waals surface area contributed by atoms with E-state index in [2.05, 4.69) is 25.5 Å². The molecule has 1 fully saturated rings. The van der Waals surface area contributed by atoms with Gasteiger partial charge in [0.1, 0.15) is 17.3 Å². The lowest BCUT2D eigenvalue weighted by molar-refractivity contribution is 0.0383. The van der Waals surface area contributed by atoms with E-state index in [0.29, 0.717) is 28.8 Å². The number of carbonyl (C=O) groups excluding carboxylic acids is 1. The number of hydrogen-bond acceptors (Lipinski definition) is 7. The van der Waals surface area contributed by atoms with Crippen molar-refractivity contribution in [1.29, 1.82) is 0 Å². The van der Waals surface area contributed by atoms with Crippen LogP contribution < -0.4 is 15.4 Å². The zero-order valence-corrected chi connectivity index (χ0v) is 15.8. The predicted octanol–water partition coefficient (Wildman–Crippen LogP) is 1.94. The number of benzene rings is 1. The third-order valence-corrected chi connectivity index (χ3v) is 4.36. The number of carbonyl (C=O) groups is 1. The molecule has 0 aliphatic carbocycles. The molecule has 8 nitrogen and oxygen atoms in total. The Kier molecular flexibility index (Phi) is 6.80. The molecule has 0 unspecified atom stereocenters. The smallest absolute Gasteiger partial charge is 0.271 e. The molecule has 1 aliphatic rings. The van der Waals surface area contributed by atoms with Crippen LogP contribution in [0.4, 0.5) is 11.5 Å². The fourth-order valence-corrected chi connectivity index (χ4v) is 2.84. The lowest BCUT2D eigenvalue weighted by Crippen LogP contribution is -2.41. The van der Waals surface area contributed by atoms with Crippen LogP contribution in [0.15, 0.2) is 30.6 Å². The molecule has 144 valence electrons. The van der Waals surface area contributed by atoms with E-state index in [1.807, 2.05) is 0 Å². The summed E-state index contributed by atoms with van der Waals surface area (Å²) in [7, 11) is 1.57. The Morgan fingerprint density at radius 3 is 2.81 bits per heavy atom. The largest absolute Gasteiger partial charge is 0.495 e. The van der Waals surface area contributed by atoms with E-state index in [-0.39, 0.29) is 11.6 Å². The van der Waals surface area contributed by atoms with Crippen LogP contribution in [0.2, 0.25) is 5.02 Å². The van der Waals surface area contributed by atoms with Crippen molar-refractivity contribution in [3.8, 4) is 5.75 Å². The van der Waals surface area contributed by atoms with E-state index in [9.17, 15) is 4.79 Å². The highest BCUT2D eigenvalue weighted by Crippen LogP contribution is 2.29. The van der Waals surface area contributed by atoms with E-state index in [1.54, 1.807) is 25.3 Å². The molecular formula is C18H22ClN5O3. The third kappa shape index (κ3) is 5.53. The van der Waals surface area contributed by atoms with Crippen LogP contribution in [0.1, 0.15) is 10.5 Å². The summed E-state index contributed by atoms with van der Waals surface area (Å²) in [4.78, 5) is 22.8. The molecule has 0 bridgehead atoms. The van der Waals surface area contributed by atoms with Gasteiger partial charge in [-0.1, -0.05) is 11.6 Å². The minimum atomic E-state index is -0.248. The second-order valence-corrected chi connectivity index (χ2v) is 6.40. The van der Waals surface area contributed by atoms with Gasteiger partial charge in [0.25, 0.3) is 5.91 Å². The number of rotatable bonds is 7. The molecule has 1 aromatic carbocycles. The fourth-order valence-electron chi connectivity index (χ4n) is 2.67. The zero-order valence-electron chi connectivity index (χ0n) is 15.1. The minimum absolute atomic E-state index is 0.248. The van der Waals surface area contributed by atoms with Gasteiger partial charge in [-0.2, -0.15) is 0 Å². The number of anilines is 2. The van der Waals surface area contributed by atoms with Crippen LogP contribution in [-0.4, -0.2) is 67.3 Å². The van der Waals surface area contributed by atoms with E-state index in [0.717, 1.165) is 32.8 Å². The van der Waals surface area contributed by atoms with Crippen LogP contribution in [0.5, 0.6) is 5.75 Å². The Hall–Kier alpha value is -2.42. The van der Waals surface area contributed by atoms with E-state index < -0.39 is 0 Å². The summed E-state index contributed by atoms with van der Waals surface area (Å²) in [5.74, 6) is 0.870. The maximum atomic E-state index is 12.2. The van der Waals surface area contributed by atoms with Crippen molar-refractivity contribution >= 4 is 29.0 Å². The Labute approximate surface area is 162 Å². The average molecular weight is 392 g/mol. The second-order valence-electron chi connectivity index (χ2n) is 5.97. The average Bonchev–Trinajstić information content (AvgIpc) is 2.69. The molecule has 27 heavy (non-hydrogen) atoms. The van der Waals surface area contributed by atoms with Crippen molar-refractivity contribution in [2.24, 2.45) is 0 Å². The summed E-state index contributed by atoms with van der Waals surface area (Å²) in [5, 5.41) is 6.51. The predicted molar refractivity (Wildman–Crippen MR) is 103 cm³/mol. The molecule has 1 aromatic heterocycles. The van der Waals surface area contributed by atoms with E-state index >= 15 is 0 Å². The van der Waals surface area contributed by atoms with Crippen LogP contribution in [0, 0.1) is 0 Å². The van der Waals surface area contributed by atoms with Crippen molar-refractivity contribution in [1.82, 2.24) is 20.2 Å². The van der Waals surface area contributed by atoms with Gasteiger partial charge < -0.3 is 20.1 Å². The monoisotopic (exact) mass is 391 g/mol. The third-order valence-electron chi connectivity index (χ3n) is 4.13. The molecule has 0 spiro atoms. The van der Waals surface area contributed by atoms with Gasteiger partial charge in [-0.3, -0.25) is 9.69 Å². The van der Waals surface area contributed by atoms with Gasteiger partial charge in [0.2, 0.25) is 0 Å². The maximum absolute atomic E-state index is 12.2. The van der Waals surface area contributed by atoms with Crippen molar-refractivity contribution in [2.75, 3.05) is 51.8 Å². The molecule has 0 atom stereocenters. The minimum Gasteiger partial charge on any atom is -0.495 e. The molecule has 2 heterocycles. The summed E-state index contributed by atoms with van der Waals surface area (Å²) in [6, 6.07) is 5.23. The first kappa shape index (κ1) is 19.3. The Bertz CT molecular complexity index is 766. The van der Waals surface area contributed by atoms with Gasteiger partial charge in [0.15, 0.2) is 0 Å². The highest BCUT2D eigenvalue weighted by molar-refractivity contribution is 6.31. The van der Waals surface area contributed by atoms with Crippen molar-refractivity contribution in [2.45, 2.75) is 0 Å². The molecular weight excluding hydrogens is 370 g/mol. The van der Waals surface area contributed by atoms with Gasteiger partial charge in [-0.15, -0.1) is 0 Å². The van der Waals surface area contributed by atoms with Gasteiger partial charge in [-0.25, -0.2) is 9.97 Å². The summed E-state index contributed by atoms with van der Waals surface area (Å²) < 4.78 is 10.6. The van der Waals surface area contributed by atoms with E-state index in [1.165, 1.54) is 12.4 Å². The number of halogens is 1. The van der Waals surface area contributed by atoms with Gasteiger partial charge in [0.05, 0.1) is 38.4 Å². The Morgan fingerprint density at radius 2 is 2.11 bits per heavy atom. The van der Waals surface area contributed by atoms with Crippen molar-refractivity contribution < 1.29 is 14.3 Å². The number of aromatic nitrogens is 2. The summed E-state index contributed by atoms with van der Waals surface area (Å²) in [6.07, 6.45) is 2.93. The molecule has 1 aliphatic heterocycles. The highest BCUT2D eigenvalue weighted by Gasteiger charge is 2.12. The molecule has 0 radical (unpaired) electrons. The first-order valence-corrected chi connectivity index (χ1v) is 9.04. The molecule has 1 amide bonds. The summed E-state index contributed by atoms with van der Waals surface area (Å²) in [6.45, 7) is 4.61. The van der Waals surface area contributed by atoms with E-state index in [4.69, 9.17) is 21.1 Å². The zero-order chi connectivity index (χ0) is 19.1. The SMILES string of the molecule is COc1ccc(Cl)cc1Nc1cnc(C(=O)NCCN2CCOCC2)cn1. The molecule has 0 saturated carbocycles. The number of ether oxygens (including phenoxy) is 2. The topological polar surface area (TPSA) is 88.6 Å². The number of methoxy groups -OCH3 is 1.